The first-order chi connectivity index (χ1) is 12.4. The van der Waals surface area contributed by atoms with Crippen molar-refractivity contribution in [2.45, 2.75) is 44.6 Å². The molecule has 0 saturated carbocycles. The molecule has 2 saturated heterocycles. The number of carbonyl (C=O) groups is 2. The van der Waals surface area contributed by atoms with E-state index in [2.05, 4.69) is 0 Å². The molecule has 1 aromatic rings. The summed E-state index contributed by atoms with van der Waals surface area (Å²) in [6.07, 6.45) is 3.07. The van der Waals surface area contributed by atoms with Crippen LogP contribution in [-0.2, 0) is 16.0 Å². The van der Waals surface area contributed by atoms with E-state index in [4.69, 9.17) is 0 Å². The van der Waals surface area contributed by atoms with Crippen LogP contribution in [0.1, 0.15) is 38.2 Å². The molecule has 0 radical (unpaired) electrons. The third-order valence-corrected chi connectivity index (χ3v) is 5.84. The number of aliphatic hydroxyl groups is 1. The number of hydrogen-bond acceptors (Lipinski definition) is 3. The first kappa shape index (κ1) is 18.8. The zero-order valence-electron chi connectivity index (χ0n) is 15.3. The van der Waals surface area contributed by atoms with Crippen molar-refractivity contribution in [3.63, 3.8) is 0 Å². The Hall–Kier alpha value is -1.95. The molecule has 3 rings (SSSR count). The zero-order valence-corrected chi connectivity index (χ0v) is 15.3. The summed E-state index contributed by atoms with van der Waals surface area (Å²) in [5.41, 5.74) is 0.271. The average molecular weight is 362 g/mol. The minimum atomic E-state index is -0.753. The number of piperidine rings is 2. The molecule has 2 amide bonds. The van der Waals surface area contributed by atoms with Gasteiger partial charge >= 0.3 is 0 Å². The van der Waals surface area contributed by atoms with E-state index in [0.717, 1.165) is 18.4 Å². The van der Waals surface area contributed by atoms with E-state index >= 15 is 0 Å². The standard InChI is InChI=1S/C20H27FN2O3/c1-15(24)22-11-9-20(26)10-12-23(14-17(20)13-22)19(25)4-2-3-16-5-7-18(21)8-6-16/h5-8,17,26H,2-4,9-14H2,1H3/t17-,20-/m0/s1. The lowest BCUT2D eigenvalue weighted by Gasteiger charge is -2.50. The first-order valence-electron chi connectivity index (χ1n) is 9.37. The second kappa shape index (κ2) is 7.74. The Morgan fingerprint density at radius 2 is 1.77 bits per heavy atom. The van der Waals surface area contributed by atoms with Crippen molar-refractivity contribution in [1.29, 1.82) is 0 Å². The molecule has 1 aromatic carbocycles. The third kappa shape index (κ3) is 4.23. The van der Waals surface area contributed by atoms with Crippen molar-refractivity contribution in [2.24, 2.45) is 5.92 Å². The van der Waals surface area contributed by atoms with Crippen LogP contribution >= 0.6 is 0 Å². The summed E-state index contributed by atoms with van der Waals surface area (Å²) in [7, 11) is 0. The predicted molar refractivity (Wildman–Crippen MR) is 95.8 cm³/mol. The summed E-state index contributed by atoms with van der Waals surface area (Å²) >= 11 is 0. The van der Waals surface area contributed by atoms with E-state index in [0.29, 0.717) is 45.4 Å². The SMILES string of the molecule is CC(=O)N1CC[C@]2(O)CCN(C(=O)CCCc3ccc(F)cc3)C[C@@H]2C1. The highest BCUT2D eigenvalue weighted by atomic mass is 19.1. The fourth-order valence-electron chi connectivity index (χ4n) is 4.07. The summed E-state index contributed by atoms with van der Waals surface area (Å²) in [5, 5.41) is 10.8. The molecule has 0 aromatic heterocycles. The minimum Gasteiger partial charge on any atom is -0.389 e. The third-order valence-electron chi connectivity index (χ3n) is 5.84. The fraction of sp³-hybridized carbons (Fsp3) is 0.600. The number of likely N-dealkylation sites (tertiary alicyclic amines) is 2. The number of rotatable bonds is 4. The predicted octanol–water partition coefficient (Wildman–Crippen LogP) is 1.98. The lowest BCUT2D eigenvalue weighted by atomic mass is 9.75. The van der Waals surface area contributed by atoms with E-state index < -0.39 is 5.60 Å². The molecule has 2 aliphatic rings. The number of aryl methyl sites for hydroxylation is 1. The van der Waals surface area contributed by atoms with E-state index in [1.807, 2.05) is 4.90 Å². The topological polar surface area (TPSA) is 60.9 Å². The highest BCUT2D eigenvalue weighted by Gasteiger charge is 2.46. The van der Waals surface area contributed by atoms with Gasteiger partial charge in [-0.05, 0) is 43.4 Å². The van der Waals surface area contributed by atoms with Gasteiger partial charge < -0.3 is 14.9 Å². The number of amides is 2. The van der Waals surface area contributed by atoms with Gasteiger partial charge in [-0.25, -0.2) is 4.39 Å². The molecule has 2 heterocycles. The van der Waals surface area contributed by atoms with Gasteiger partial charge in [-0.3, -0.25) is 9.59 Å². The van der Waals surface area contributed by atoms with Crippen LogP contribution in [-0.4, -0.2) is 58.5 Å². The van der Waals surface area contributed by atoms with Crippen LogP contribution in [0.15, 0.2) is 24.3 Å². The summed E-state index contributed by atoms with van der Waals surface area (Å²) in [5.74, 6) is -0.212. The molecule has 6 heteroatoms. The van der Waals surface area contributed by atoms with Crippen molar-refractivity contribution in [3.8, 4) is 0 Å². The lowest BCUT2D eigenvalue weighted by Crippen LogP contribution is -2.61. The number of fused-ring (bicyclic) bond motifs is 1. The Morgan fingerprint density at radius 1 is 1.15 bits per heavy atom. The second-order valence-electron chi connectivity index (χ2n) is 7.59. The normalized spacial score (nSPS) is 25.7. The van der Waals surface area contributed by atoms with E-state index in [1.165, 1.54) is 12.1 Å². The van der Waals surface area contributed by atoms with E-state index in [9.17, 15) is 19.1 Å². The quantitative estimate of drug-likeness (QED) is 0.891. The number of halogens is 1. The van der Waals surface area contributed by atoms with Crippen molar-refractivity contribution in [1.82, 2.24) is 9.80 Å². The van der Waals surface area contributed by atoms with Crippen LogP contribution < -0.4 is 0 Å². The molecule has 142 valence electrons. The maximum atomic E-state index is 12.9. The molecule has 0 bridgehead atoms. The van der Waals surface area contributed by atoms with Gasteiger partial charge in [0, 0.05) is 45.4 Å². The Kier molecular flexibility index (Phi) is 5.61. The maximum absolute atomic E-state index is 12.9. The van der Waals surface area contributed by atoms with Crippen molar-refractivity contribution >= 4 is 11.8 Å². The molecule has 2 atom stereocenters. The van der Waals surface area contributed by atoms with Crippen LogP contribution in [0.5, 0.6) is 0 Å². The van der Waals surface area contributed by atoms with Crippen LogP contribution in [0.25, 0.3) is 0 Å². The monoisotopic (exact) mass is 362 g/mol. The molecule has 2 fully saturated rings. The van der Waals surface area contributed by atoms with Gasteiger partial charge in [0.15, 0.2) is 0 Å². The Balaban J connectivity index is 1.50. The molecule has 5 nitrogen and oxygen atoms in total. The number of nitrogens with zero attached hydrogens (tertiary/aromatic N) is 2. The van der Waals surface area contributed by atoms with Gasteiger partial charge in [0.25, 0.3) is 0 Å². The Labute approximate surface area is 153 Å². The average Bonchev–Trinajstić information content (AvgIpc) is 2.62. The van der Waals surface area contributed by atoms with Crippen LogP contribution in [0.3, 0.4) is 0 Å². The van der Waals surface area contributed by atoms with Crippen molar-refractivity contribution in [2.75, 3.05) is 26.2 Å². The highest BCUT2D eigenvalue weighted by Crippen LogP contribution is 2.35. The van der Waals surface area contributed by atoms with Crippen molar-refractivity contribution in [3.05, 3.63) is 35.6 Å². The first-order valence-corrected chi connectivity index (χ1v) is 9.37. The molecule has 0 aliphatic carbocycles. The number of hydrogen-bond donors (Lipinski definition) is 1. The Bertz CT molecular complexity index is 664. The van der Waals surface area contributed by atoms with Crippen molar-refractivity contribution < 1.29 is 19.1 Å². The minimum absolute atomic E-state index is 0.0230. The zero-order chi connectivity index (χ0) is 18.7. The Morgan fingerprint density at radius 3 is 2.42 bits per heavy atom. The fourth-order valence-corrected chi connectivity index (χ4v) is 4.07. The van der Waals surface area contributed by atoms with E-state index in [-0.39, 0.29) is 23.5 Å². The second-order valence-corrected chi connectivity index (χ2v) is 7.59. The smallest absolute Gasteiger partial charge is 0.222 e. The highest BCUT2D eigenvalue weighted by molar-refractivity contribution is 5.76. The molecule has 0 spiro atoms. The summed E-state index contributed by atoms with van der Waals surface area (Å²) in [6, 6.07) is 6.37. The van der Waals surface area contributed by atoms with Gasteiger partial charge in [0.1, 0.15) is 5.82 Å². The maximum Gasteiger partial charge on any atom is 0.222 e. The van der Waals surface area contributed by atoms with Gasteiger partial charge in [0.2, 0.25) is 11.8 Å². The van der Waals surface area contributed by atoms with Gasteiger partial charge in [-0.15, -0.1) is 0 Å². The summed E-state index contributed by atoms with van der Waals surface area (Å²) in [4.78, 5) is 27.8. The van der Waals surface area contributed by atoms with Crippen LogP contribution in [0, 0.1) is 11.7 Å². The molecule has 0 unspecified atom stereocenters. The molecular weight excluding hydrogens is 335 g/mol. The lowest BCUT2D eigenvalue weighted by molar-refractivity contribution is -0.152. The summed E-state index contributed by atoms with van der Waals surface area (Å²) < 4.78 is 12.9. The number of carbonyl (C=O) groups excluding carboxylic acids is 2. The number of benzene rings is 1. The molecule has 2 aliphatic heterocycles. The molecule has 1 N–H and O–H groups in total. The van der Waals surface area contributed by atoms with Gasteiger partial charge in [0.05, 0.1) is 5.60 Å². The van der Waals surface area contributed by atoms with Gasteiger partial charge in [-0.1, -0.05) is 12.1 Å². The largest absolute Gasteiger partial charge is 0.389 e. The van der Waals surface area contributed by atoms with Crippen LogP contribution in [0.4, 0.5) is 4.39 Å². The molecule has 26 heavy (non-hydrogen) atoms. The van der Waals surface area contributed by atoms with Gasteiger partial charge in [-0.2, -0.15) is 0 Å². The van der Waals surface area contributed by atoms with Crippen LogP contribution in [0.2, 0.25) is 0 Å². The van der Waals surface area contributed by atoms with E-state index in [1.54, 1.807) is 24.0 Å². The summed E-state index contributed by atoms with van der Waals surface area (Å²) in [6.45, 7) is 3.74. The molecular formula is C20H27FN2O3.